The van der Waals surface area contributed by atoms with Crippen molar-refractivity contribution in [1.82, 2.24) is 45.9 Å². The average molecular weight is 993 g/mol. The maximum absolute atomic E-state index is 11.9. The first-order valence-electron chi connectivity index (χ1n) is 17.4. The highest BCUT2D eigenvalue weighted by Crippen LogP contribution is 2.26. The lowest BCUT2D eigenvalue weighted by Gasteiger charge is -2.10. The van der Waals surface area contributed by atoms with Crippen molar-refractivity contribution in [3.63, 3.8) is 0 Å². The number of hydrogen-bond donors (Lipinski definition) is 7. The minimum absolute atomic E-state index is 0. The number of nitrogens with two attached hydrogens (primary N) is 3. The van der Waals surface area contributed by atoms with E-state index in [-0.39, 0.29) is 53.1 Å². The fraction of sp³-hybridized carbons (Fsp3) is 0.257. The predicted molar refractivity (Wildman–Crippen MR) is 234 cm³/mol. The van der Waals surface area contributed by atoms with Crippen molar-refractivity contribution in [3.8, 4) is 11.5 Å². The zero-order valence-electron chi connectivity index (χ0n) is 33.8. The molecule has 349 valence electrons. The second-order valence-corrected chi connectivity index (χ2v) is 14.0. The van der Waals surface area contributed by atoms with Crippen LogP contribution in [0.1, 0.15) is 61.3 Å². The van der Waals surface area contributed by atoms with Crippen LogP contribution in [0.3, 0.4) is 0 Å². The Labute approximate surface area is 389 Å². The van der Waals surface area contributed by atoms with Gasteiger partial charge in [0, 0.05) is 46.5 Å². The normalized spacial score (nSPS) is 13.8. The number of aromatic carboxylic acids is 1. The maximum Gasteiger partial charge on any atom is 0.446 e. The van der Waals surface area contributed by atoms with E-state index in [4.69, 9.17) is 82.9 Å². The Morgan fingerprint density at radius 1 is 0.831 bits per heavy atom. The number of carboxylic acid groups (broad SMARTS) is 1. The molecule has 5 aromatic heterocycles. The van der Waals surface area contributed by atoms with Crippen molar-refractivity contribution in [2.75, 3.05) is 6.51 Å². The van der Waals surface area contributed by atoms with Crippen LogP contribution in [0.5, 0.6) is 0 Å². The number of carbonyl (C=O) groups is 4. The molecular formula is C35H40B2Cl4F3N12O9. The molecule has 5 aromatic rings. The minimum Gasteiger partial charge on any atom is -0.478 e. The first-order valence-corrected chi connectivity index (χ1v) is 18.9. The molecule has 1 amide bonds. The molecule has 1 atom stereocenters. The first kappa shape index (κ1) is 57.6. The van der Waals surface area contributed by atoms with Gasteiger partial charge in [-0.15, -0.1) is 5.10 Å². The van der Waals surface area contributed by atoms with Crippen LogP contribution in [0.15, 0.2) is 57.7 Å². The van der Waals surface area contributed by atoms with Gasteiger partial charge < -0.3 is 18.8 Å². The summed E-state index contributed by atoms with van der Waals surface area (Å²) in [5.41, 5.74) is 7.46. The number of nitrogens with zero attached hydrogens (tertiary/aromatic N) is 6. The van der Waals surface area contributed by atoms with Crippen LogP contribution in [0.4, 0.5) is 13.2 Å². The molecule has 2 fully saturated rings. The molecule has 1 radical (unpaired) electrons. The zero-order valence-corrected chi connectivity index (χ0v) is 36.9. The Morgan fingerprint density at radius 2 is 1.25 bits per heavy atom. The fourth-order valence-electron chi connectivity index (χ4n) is 4.23. The number of aryl methyl sites for hydroxylation is 5. The Hall–Kier alpha value is -5.38. The van der Waals surface area contributed by atoms with E-state index < -0.39 is 29.8 Å². The zero-order chi connectivity index (χ0) is 48.5. The number of aromatic nitrogens is 6. The van der Waals surface area contributed by atoms with Crippen LogP contribution in [0.2, 0.25) is 20.6 Å². The molecule has 1 unspecified atom stereocenters. The topological polar surface area (TPSA) is 327 Å². The van der Waals surface area contributed by atoms with Crippen molar-refractivity contribution in [1.29, 1.82) is 0 Å². The second-order valence-electron chi connectivity index (χ2n) is 12.4. The van der Waals surface area contributed by atoms with E-state index in [1.807, 2.05) is 5.43 Å². The quantitative estimate of drug-likeness (QED) is 0.0179. The molecule has 30 heteroatoms. The van der Waals surface area contributed by atoms with Crippen molar-refractivity contribution in [2.24, 2.45) is 24.6 Å². The van der Waals surface area contributed by atoms with Gasteiger partial charge in [-0.1, -0.05) is 53.8 Å². The fourth-order valence-corrected chi connectivity index (χ4v) is 5.23. The van der Waals surface area contributed by atoms with E-state index in [0.717, 1.165) is 16.9 Å². The number of aldehydes is 1. The Balaban J connectivity index is 0.000000402. The van der Waals surface area contributed by atoms with Gasteiger partial charge in [-0.3, -0.25) is 36.8 Å². The van der Waals surface area contributed by atoms with E-state index >= 15 is 0 Å². The molecule has 0 saturated carbocycles. The van der Waals surface area contributed by atoms with Crippen LogP contribution >= 0.6 is 46.4 Å². The van der Waals surface area contributed by atoms with Gasteiger partial charge in [0.2, 0.25) is 18.0 Å². The molecule has 7 rings (SSSR count). The molecule has 0 aliphatic carbocycles. The summed E-state index contributed by atoms with van der Waals surface area (Å²) < 4.78 is 46.8. The number of nitrogens with one attached hydrogen (secondary N) is 3. The number of pyridine rings is 4. The Kier molecular flexibility index (Phi) is 23.5. The van der Waals surface area contributed by atoms with Crippen LogP contribution in [0, 0.1) is 27.7 Å². The van der Waals surface area contributed by atoms with Gasteiger partial charge in [0.05, 0.1) is 12.1 Å². The van der Waals surface area contributed by atoms with Crippen LogP contribution in [-0.2, 0) is 21.2 Å². The molecule has 10 N–H and O–H groups in total. The average Bonchev–Trinajstić information content (AvgIpc) is 4.15. The van der Waals surface area contributed by atoms with E-state index in [1.165, 1.54) is 38.8 Å². The van der Waals surface area contributed by atoms with Gasteiger partial charge in [0.1, 0.15) is 20.6 Å². The maximum atomic E-state index is 11.9. The van der Waals surface area contributed by atoms with E-state index in [1.54, 1.807) is 52.0 Å². The van der Waals surface area contributed by atoms with Gasteiger partial charge in [-0.2, -0.15) is 17.9 Å². The molecule has 65 heavy (non-hydrogen) atoms. The van der Waals surface area contributed by atoms with Gasteiger partial charge in [0.15, 0.2) is 5.62 Å². The number of hydrazine groups is 3. The summed E-state index contributed by atoms with van der Waals surface area (Å²) >= 11 is 22.7. The SMILES string of the molecule is C.Cc1cc(-c2nn(C)c(=O)o2)cc(Cl)n1.Cc1cc(C(=O)C2(NN)[B]O2)cc(Cl)n1.Cc1cc(C(=O)NN)cc(Cl)n1.Cc1cc(C(=O)O)cc(Cl)n1.NNB1CO1.O=CC(F)(F)F. The molecule has 2 saturated heterocycles. The van der Waals surface area contributed by atoms with Gasteiger partial charge in [-0.25, -0.2) is 40.8 Å². The lowest BCUT2D eigenvalue weighted by Crippen LogP contribution is -2.45. The monoisotopic (exact) mass is 991 g/mol. The molecule has 2 aliphatic rings. The predicted octanol–water partition coefficient (Wildman–Crippen LogP) is 3.67. The molecule has 7 heterocycles. The third-order valence-electron chi connectivity index (χ3n) is 7.09. The van der Waals surface area contributed by atoms with E-state index in [2.05, 4.69) is 40.5 Å². The molecular weight excluding hydrogens is 953 g/mol. The summed E-state index contributed by atoms with van der Waals surface area (Å²) in [4.78, 5) is 68.7. The second kappa shape index (κ2) is 26.5. The highest BCUT2D eigenvalue weighted by atomic mass is 35.5. The standard InChI is InChI=1S/C9H8ClN3O2.C8H8BClN3O2.C7H8ClN3O.C7H6ClNO2.C2HF3O.CH5BN2O.CH4/c1-5-3-6(4-7(10)11-5)8-12-13(2)9(14)15-8;1-4-2-5(3-6(10)12-4)7(14)8(13-11)9-15-8;1-4-2-5(7(12)11-9)3-6(8)10-4;1-4-2-5(7(10)11)3-6(8)9-4;3-2(4,5)1-6;3-4-2-1-5-2;/h3-4H,1-2H3;2-3,13H,11H2,1H3;2-3H,9H2,1H3,(H,11,12);2-3H,1H3,(H,10,11);1H;4H,1,3H2;1H4. The van der Waals surface area contributed by atoms with Crippen molar-refractivity contribution < 1.29 is 51.2 Å². The van der Waals surface area contributed by atoms with Crippen molar-refractivity contribution in [2.45, 2.75) is 46.9 Å². The number of carbonyl (C=O) groups excluding carboxylic acids is 3. The molecule has 21 nitrogen and oxygen atoms in total. The number of ketones is 1. The first-order chi connectivity index (χ1) is 29.8. The van der Waals surface area contributed by atoms with E-state index in [0.29, 0.717) is 38.9 Å². The summed E-state index contributed by atoms with van der Waals surface area (Å²) in [6, 6.07) is 12.3. The number of rotatable bonds is 7. The third-order valence-corrected chi connectivity index (χ3v) is 7.86. The summed E-state index contributed by atoms with van der Waals surface area (Å²) in [5, 5.41) is 16.0. The highest BCUT2D eigenvalue weighted by Gasteiger charge is 2.54. The molecule has 0 spiro atoms. The minimum atomic E-state index is -4.64. The van der Waals surface area contributed by atoms with E-state index in [9.17, 15) is 32.3 Å². The van der Waals surface area contributed by atoms with Crippen molar-refractivity contribution in [3.05, 3.63) is 119 Å². The van der Waals surface area contributed by atoms with Crippen LogP contribution in [0.25, 0.3) is 11.5 Å². The summed E-state index contributed by atoms with van der Waals surface area (Å²) in [7, 11) is 3.01. The summed E-state index contributed by atoms with van der Waals surface area (Å²) in [6.07, 6.45) is -5.70. The summed E-state index contributed by atoms with van der Waals surface area (Å²) in [5.74, 6) is 13.1. The number of nitrogen functional groups attached to an aromatic ring is 1. The number of alkyl halides is 3. The van der Waals surface area contributed by atoms with Gasteiger partial charge in [0.25, 0.3) is 5.91 Å². The lowest BCUT2D eigenvalue weighted by atomic mass is 9.89. The number of Topliss-reactive ketones (excluding diaryl/α,β-unsaturated/α-hetero) is 1. The Bertz CT molecular complexity index is 2400. The lowest BCUT2D eigenvalue weighted by molar-refractivity contribution is -0.156. The summed E-state index contributed by atoms with van der Waals surface area (Å²) in [6.45, 7) is 7.77. The number of halogens is 7. The number of hydrogen-bond acceptors (Lipinski definition) is 18. The Morgan fingerprint density at radius 3 is 1.57 bits per heavy atom. The smallest absolute Gasteiger partial charge is 0.446 e. The number of carboxylic acids is 1. The molecule has 0 aromatic carbocycles. The largest absolute Gasteiger partial charge is 0.478 e. The molecule has 2 aliphatic heterocycles. The van der Waals surface area contributed by atoms with Gasteiger partial charge in [-0.05, 0) is 76.2 Å². The highest BCUT2D eigenvalue weighted by molar-refractivity contribution is 6.56. The van der Waals surface area contributed by atoms with Crippen LogP contribution < -0.4 is 39.5 Å². The molecule has 0 bridgehead atoms. The third kappa shape index (κ3) is 21.0. The van der Waals surface area contributed by atoms with Crippen LogP contribution in [-0.4, -0.2) is 91.6 Å². The van der Waals surface area contributed by atoms with Crippen molar-refractivity contribution >= 4 is 84.9 Å². The number of amides is 1. The van der Waals surface area contributed by atoms with Gasteiger partial charge >= 0.3 is 32.4 Å².